The van der Waals surface area contributed by atoms with Crippen LogP contribution in [-0.2, 0) is 12.8 Å². The minimum absolute atomic E-state index is 0.0577. The molecular weight excluding hydrogens is 297 g/mol. The van der Waals surface area contributed by atoms with Crippen LogP contribution in [0.5, 0.6) is 5.75 Å². The highest BCUT2D eigenvalue weighted by Gasteiger charge is 2.30. The van der Waals surface area contributed by atoms with E-state index in [-0.39, 0.29) is 6.54 Å². The van der Waals surface area contributed by atoms with Crippen molar-refractivity contribution in [3.05, 3.63) is 27.7 Å². The zero-order valence-corrected chi connectivity index (χ0v) is 12.2. The van der Waals surface area contributed by atoms with E-state index in [9.17, 15) is 4.39 Å². The van der Waals surface area contributed by atoms with Crippen LogP contribution < -0.4 is 10.5 Å². The number of alkyl halides is 1. The molecule has 0 aliphatic carbocycles. The van der Waals surface area contributed by atoms with E-state index in [1.54, 1.807) is 0 Å². The molecule has 18 heavy (non-hydrogen) atoms. The Bertz CT molecular complexity index is 438. The number of hydrogen-bond acceptors (Lipinski definition) is 2. The second kappa shape index (κ2) is 5.57. The average Bonchev–Trinajstić information content (AvgIpc) is 2.77. The van der Waals surface area contributed by atoms with Crippen molar-refractivity contribution in [3.8, 4) is 5.75 Å². The fourth-order valence-electron chi connectivity index (χ4n) is 2.53. The van der Waals surface area contributed by atoms with E-state index in [0.29, 0.717) is 19.4 Å². The van der Waals surface area contributed by atoms with Gasteiger partial charge >= 0.3 is 0 Å². The molecule has 4 heteroatoms. The molecule has 1 aliphatic heterocycles. The Morgan fingerprint density at radius 3 is 2.94 bits per heavy atom. The second-order valence-electron chi connectivity index (χ2n) is 4.93. The van der Waals surface area contributed by atoms with Gasteiger partial charge in [-0.3, -0.25) is 0 Å². The van der Waals surface area contributed by atoms with Gasteiger partial charge in [0.2, 0.25) is 0 Å². The van der Waals surface area contributed by atoms with E-state index < -0.39 is 5.67 Å². The highest BCUT2D eigenvalue weighted by molar-refractivity contribution is 9.10. The van der Waals surface area contributed by atoms with E-state index in [1.165, 1.54) is 0 Å². The van der Waals surface area contributed by atoms with E-state index >= 15 is 0 Å². The lowest BCUT2D eigenvalue weighted by Gasteiger charge is -2.24. The van der Waals surface area contributed by atoms with Crippen molar-refractivity contribution in [2.24, 2.45) is 5.73 Å². The van der Waals surface area contributed by atoms with Gasteiger partial charge in [0.1, 0.15) is 11.4 Å². The number of halogens is 2. The van der Waals surface area contributed by atoms with E-state index in [1.807, 2.05) is 19.1 Å². The second-order valence-corrected chi connectivity index (χ2v) is 5.85. The topological polar surface area (TPSA) is 35.2 Å². The molecule has 0 fully saturated rings. The van der Waals surface area contributed by atoms with E-state index in [4.69, 9.17) is 10.5 Å². The zero-order chi connectivity index (χ0) is 13.2. The molecule has 1 aromatic carbocycles. The Balaban J connectivity index is 2.28. The SMILES string of the molecule is CCCC(F)(CN)Cc1cc(Br)cc2c1OCC2. The predicted octanol–water partition coefficient (Wildman–Crippen LogP) is 3.39. The molecule has 100 valence electrons. The summed E-state index contributed by atoms with van der Waals surface area (Å²) in [5.74, 6) is 0.866. The number of hydrogen-bond donors (Lipinski definition) is 1. The highest BCUT2D eigenvalue weighted by Crippen LogP contribution is 2.36. The van der Waals surface area contributed by atoms with Crippen molar-refractivity contribution in [2.75, 3.05) is 13.2 Å². The van der Waals surface area contributed by atoms with E-state index in [0.717, 1.165) is 34.2 Å². The van der Waals surface area contributed by atoms with Crippen LogP contribution in [0.4, 0.5) is 4.39 Å². The molecule has 0 saturated carbocycles. The summed E-state index contributed by atoms with van der Waals surface area (Å²) >= 11 is 3.47. The first-order valence-corrected chi connectivity index (χ1v) is 7.20. The summed E-state index contributed by atoms with van der Waals surface area (Å²) in [4.78, 5) is 0. The molecule has 1 atom stereocenters. The van der Waals surface area contributed by atoms with E-state index in [2.05, 4.69) is 15.9 Å². The largest absolute Gasteiger partial charge is 0.493 e. The molecule has 1 heterocycles. The molecule has 0 saturated heterocycles. The maximum absolute atomic E-state index is 14.6. The standard InChI is InChI=1S/C14H19BrFNO/c1-2-4-14(16,9-17)8-11-7-12(15)6-10-3-5-18-13(10)11/h6-7H,2-5,8-9,17H2,1H3. The Kier molecular flexibility index (Phi) is 4.28. The van der Waals surface area contributed by atoms with Gasteiger partial charge in [0.25, 0.3) is 0 Å². The fourth-order valence-corrected chi connectivity index (χ4v) is 3.08. The summed E-state index contributed by atoms with van der Waals surface area (Å²) in [7, 11) is 0. The Hall–Kier alpha value is -0.610. The number of fused-ring (bicyclic) bond motifs is 1. The van der Waals surface area contributed by atoms with Gasteiger partial charge in [-0.2, -0.15) is 0 Å². The maximum Gasteiger partial charge on any atom is 0.127 e. The minimum atomic E-state index is -1.32. The Labute approximate surface area is 116 Å². The third-order valence-electron chi connectivity index (χ3n) is 3.40. The molecule has 1 aliphatic rings. The summed E-state index contributed by atoms with van der Waals surface area (Å²) in [6.07, 6.45) is 2.52. The normalized spacial score (nSPS) is 17.1. The molecule has 0 bridgehead atoms. The first kappa shape index (κ1) is 13.8. The van der Waals surface area contributed by atoms with Crippen molar-refractivity contribution in [1.29, 1.82) is 0 Å². The third-order valence-corrected chi connectivity index (χ3v) is 3.85. The van der Waals surface area contributed by atoms with Crippen LogP contribution in [0.2, 0.25) is 0 Å². The molecule has 0 radical (unpaired) electrons. The van der Waals surface area contributed by atoms with Crippen molar-refractivity contribution in [2.45, 2.75) is 38.3 Å². The molecular formula is C14H19BrFNO. The molecule has 2 N–H and O–H groups in total. The highest BCUT2D eigenvalue weighted by atomic mass is 79.9. The quantitative estimate of drug-likeness (QED) is 0.904. The number of benzene rings is 1. The molecule has 1 unspecified atom stereocenters. The van der Waals surface area contributed by atoms with Gasteiger partial charge in [0.05, 0.1) is 6.61 Å². The Morgan fingerprint density at radius 2 is 2.28 bits per heavy atom. The lowest BCUT2D eigenvalue weighted by Crippen LogP contribution is -2.35. The molecule has 1 aromatic rings. The molecule has 2 rings (SSSR count). The summed E-state index contributed by atoms with van der Waals surface area (Å²) in [5.41, 5.74) is 6.36. The summed E-state index contributed by atoms with van der Waals surface area (Å²) in [6.45, 7) is 2.72. The monoisotopic (exact) mass is 315 g/mol. The van der Waals surface area contributed by atoms with Gasteiger partial charge in [-0.1, -0.05) is 29.3 Å². The number of ether oxygens (including phenoxy) is 1. The zero-order valence-electron chi connectivity index (χ0n) is 10.6. The predicted molar refractivity (Wildman–Crippen MR) is 74.8 cm³/mol. The van der Waals surface area contributed by atoms with Gasteiger partial charge in [0, 0.05) is 23.9 Å². The Morgan fingerprint density at radius 1 is 1.50 bits per heavy atom. The minimum Gasteiger partial charge on any atom is -0.493 e. The van der Waals surface area contributed by atoms with Crippen molar-refractivity contribution in [3.63, 3.8) is 0 Å². The number of rotatable bonds is 5. The fraction of sp³-hybridized carbons (Fsp3) is 0.571. The number of nitrogens with two attached hydrogens (primary N) is 1. The first-order chi connectivity index (χ1) is 8.58. The van der Waals surface area contributed by atoms with Crippen LogP contribution in [0.3, 0.4) is 0 Å². The first-order valence-electron chi connectivity index (χ1n) is 6.41. The van der Waals surface area contributed by atoms with Gasteiger partial charge in [-0.15, -0.1) is 0 Å². The van der Waals surface area contributed by atoms with Gasteiger partial charge in [-0.05, 0) is 29.7 Å². The van der Waals surface area contributed by atoms with Gasteiger partial charge in [-0.25, -0.2) is 4.39 Å². The van der Waals surface area contributed by atoms with Gasteiger partial charge < -0.3 is 10.5 Å². The van der Waals surface area contributed by atoms with Crippen LogP contribution in [0, 0.1) is 0 Å². The summed E-state index contributed by atoms with van der Waals surface area (Å²) < 4.78 is 21.2. The average molecular weight is 316 g/mol. The molecule has 0 spiro atoms. The van der Waals surface area contributed by atoms with Crippen LogP contribution in [0.1, 0.15) is 30.9 Å². The summed E-state index contributed by atoms with van der Waals surface area (Å²) in [6, 6.07) is 4.00. The lowest BCUT2D eigenvalue weighted by molar-refractivity contribution is 0.157. The molecule has 2 nitrogen and oxygen atoms in total. The smallest absolute Gasteiger partial charge is 0.127 e. The van der Waals surface area contributed by atoms with Gasteiger partial charge in [0.15, 0.2) is 0 Å². The van der Waals surface area contributed by atoms with Crippen molar-refractivity contribution >= 4 is 15.9 Å². The summed E-state index contributed by atoms with van der Waals surface area (Å²) in [5, 5.41) is 0. The third kappa shape index (κ3) is 2.86. The van der Waals surface area contributed by atoms with Crippen molar-refractivity contribution < 1.29 is 9.13 Å². The maximum atomic E-state index is 14.6. The lowest BCUT2D eigenvalue weighted by atomic mass is 9.90. The molecule has 0 amide bonds. The van der Waals surface area contributed by atoms with Crippen molar-refractivity contribution in [1.82, 2.24) is 0 Å². The van der Waals surface area contributed by atoms with Crippen LogP contribution in [0.15, 0.2) is 16.6 Å². The van der Waals surface area contributed by atoms with Crippen LogP contribution in [-0.4, -0.2) is 18.8 Å². The molecule has 0 aromatic heterocycles. The van der Waals surface area contributed by atoms with Crippen LogP contribution >= 0.6 is 15.9 Å². The van der Waals surface area contributed by atoms with Crippen LogP contribution in [0.25, 0.3) is 0 Å².